The Morgan fingerprint density at radius 1 is 1.17 bits per heavy atom. The van der Waals surface area contributed by atoms with Gasteiger partial charge in [0.25, 0.3) is 0 Å². The van der Waals surface area contributed by atoms with Gasteiger partial charge in [0.2, 0.25) is 0 Å². The molecule has 0 aliphatic carbocycles. The predicted octanol–water partition coefficient (Wildman–Crippen LogP) is 3.36. The highest BCUT2D eigenvalue weighted by atomic mass is 32.1. The second-order valence-corrected chi connectivity index (χ2v) is 5.33. The van der Waals surface area contributed by atoms with E-state index in [0.717, 1.165) is 11.3 Å². The number of para-hydroxylation sites is 1. The van der Waals surface area contributed by atoms with Crippen molar-refractivity contribution >= 4 is 29.0 Å². The minimum absolute atomic E-state index is 0.386. The standard InChI is InChI=1S/C18H20N2O3S/c1-3-23-16-10-5-4-7-14(16)12-19-18(24)20-15-9-6-8-13(11-15)17(21)22-2/h4-11H,3,12H2,1-2H3,(H2,19,20,24). The first-order valence-corrected chi connectivity index (χ1v) is 7.98. The second-order valence-electron chi connectivity index (χ2n) is 4.92. The number of esters is 1. The molecule has 2 N–H and O–H groups in total. The maximum atomic E-state index is 11.5. The Morgan fingerprint density at radius 3 is 2.71 bits per heavy atom. The summed E-state index contributed by atoms with van der Waals surface area (Å²) in [4.78, 5) is 11.5. The summed E-state index contributed by atoms with van der Waals surface area (Å²) in [6.45, 7) is 3.10. The van der Waals surface area contributed by atoms with Crippen molar-refractivity contribution in [1.29, 1.82) is 0 Å². The van der Waals surface area contributed by atoms with Crippen LogP contribution >= 0.6 is 12.2 Å². The van der Waals surface area contributed by atoms with Crippen LogP contribution in [0.25, 0.3) is 0 Å². The van der Waals surface area contributed by atoms with Gasteiger partial charge in [-0.1, -0.05) is 24.3 Å². The van der Waals surface area contributed by atoms with Crippen molar-refractivity contribution < 1.29 is 14.3 Å². The number of ether oxygens (including phenoxy) is 2. The molecule has 0 aromatic heterocycles. The highest BCUT2D eigenvalue weighted by Gasteiger charge is 2.07. The maximum Gasteiger partial charge on any atom is 0.337 e. The lowest BCUT2D eigenvalue weighted by Gasteiger charge is -2.13. The molecule has 2 aromatic rings. The second kappa shape index (κ2) is 8.88. The monoisotopic (exact) mass is 344 g/mol. The van der Waals surface area contributed by atoms with Gasteiger partial charge in [-0.3, -0.25) is 0 Å². The fourth-order valence-electron chi connectivity index (χ4n) is 2.14. The van der Waals surface area contributed by atoms with Gasteiger partial charge in [-0.15, -0.1) is 0 Å². The maximum absolute atomic E-state index is 11.5. The van der Waals surface area contributed by atoms with Crippen molar-refractivity contribution in [2.45, 2.75) is 13.5 Å². The van der Waals surface area contributed by atoms with Gasteiger partial charge in [0.1, 0.15) is 5.75 Å². The van der Waals surface area contributed by atoms with E-state index in [1.165, 1.54) is 7.11 Å². The third-order valence-electron chi connectivity index (χ3n) is 3.25. The number of methoxy groups -OCH3 is 1. The lowest BCUT2D eigenvalue weighted by atomic mass is 10.2. The van der Waals surface area contributed by atoms with Crippen LogP contribution in [0.4, 0.5) is 5.69 Å². The number of anilines is 1. The van der Waals surface area contributed by atoms with E-state index in [1.807, 2.05) is 37.3 Å². The number of nitrogens with one attached hydrogen (secondary N) is 2. The number of rotatable bonds is 6. The van der Waals surface area contributed by atoms with E-state index in [9.17, 15) is 4.79 Å². The zero-order chi connectivity index (χ0) is 17.4. The highest BCUT2D eigenvalue weighted by Crippen LogP contribution is 2.17. The molecule has 0 saturated carbocycles. The molecule has 2 rings (SSSR count). The van der Waals surface area contributed by atoms with Crippen LogP contribution < -0.4 is 15.4 Å². The van der Waals surface area contributed by atoms with Crippen molar-refractivity contribution in [3.8, 4) is 5.75 Å². The first-order valence-electron chi connectivity index (χ1n) is 7.58. The molecular formula is C18H20N2O3S. The first kappa shape index (κ1) is 17.7. The highest BCUT2D eigenvalue weighted by molar-refractivity contribution is 7.80. The van der Waals surface area contributed by atoms with Crippen LogP contribution in [0.15, 0.2) is 48.5 Å². The third kappa shape index (κ3) is 4.96. The van der Waals surface area contributed by atoms with E-state index in [1.54, 1.807) is 18.2 Å². The topological polar surface area (TPSA) is 59.6 Å². The number of thiocarbonyl (C=S) groups is 1. The van der Waals surface area contributed by atoms with E-state index >= 15 is 0 Å². The lowest BCUT2D eigenvalue weighted by molar-refractivity contribution is 0.0601. The Morgan fingerprint density at radius 2 is 1.96 bits per heavy atom. The molecule has 0 bridgehead atoms. The Balaban J connectivity index is 1.96. The van der Waals surface area contributed by atoms with Gasteiger partial charge in [0.05, 0.1) is 19.3 Å². The summed E-state index contributed by atoms with van der Waals surface area (Å²) in [5.41, 5.74) is 2.20. The van der Waals surface area contributed by atoms with Crippen molar-refractivity contribution in [2.24, 2.45) is 0 Å². The van der Waals surface area contributed by atoms with Crippen LogP contribution in [0, 0.1) is 0 Å². The fourth-order valence-corrected chi connectivity index (χ4v) is 2.33. The molecule has 24 heavy (non-hydrogen) atoms. The normalized spacial score (nSPS) is 9.92. The largest absolute Gasteiger partial charge is 0.494 e. The molecule has 0 saturated heterocycles. The average Bonchev–Trinajstić information content (AvgIpc) is 2.61. The Labute approximate surface area is 147 Å². The number of hydrogen-bond acceptors (Lipinski definition) is 4. The van der Waals surface area contributed by atoms with Gasteiger partial charge in [-0.25, -0.2) is 4.79 Å². The van der Waals surface area contributed by atoms with E-state index in [2.05, 4.69) is 10.6 Å². The number of hydrogen-bond donors (Lipinski definition) is 2. The molecule has 0 heterocycles. The van der Waals surface area contributed by atoms with Gasteiger partial charge in [0.15, 0.2) is 5.11 Å². The molecule has 0 atom stereocenters. The van der Waals surface area contributed by atoms with E-state index in [-0.39, 0.29) is 5.97 Å². The summed E-state index contributed by atoms with van der Waals surface area (Å²) in [7, 11) is 1.35. The minimum Gasteiger partial charge on any atom is -0.494 e. The average molecular weight is 344 g/mol. The smallest absolute Gasteiger partial charge is 0.337 e. The van der Waals surface area contributed by atoms with Crippen LogP contribution in [0.5, 0.6) is 5.75 Å². The SMILES string of the molecule is CCOc1ccccc1CNC(=S)Nc1cccc(C(=O)OC)c1. The van der Waals surface area contributed by atoms with Crippen LogP contribution in [-0.4, -0.2) is 24.8 Å². The molecular weight excluding hydrogens is 324 g/mol. The number of carbonyl (C=O) groups is 1. The lowest BCUT2D eigenvalue weighted by Crippen LogP contribution is -2.28. The molecule has 5 nitrogen and oxygen atoms in total. The summed E-state index contributed by atoms with van der Waals surface area (Å²) in [5, 5.41) is 6.65. The van der Waals surface area contributed by atoms with Crippen LogP contribution in [0.1, 0.15) is 22.8 Å². The summed E-state index contributed by atoms with van der Waals surface area (Å²) in [6, 6.07) is 14.8. The zero-order valence-corrected chi connectivity index (χ0v) is 14.5. The fraction of sp³-hybridized carbons (Fsp3) is 0.222. The van der Waals surface area contributed by atoms with Crippen LogP contribution in [-0.2, 0) is 11.3 Å². The van der Waals surface area contributed by atoms with Crippen molar-refractivity contribution in [2.75, 3.05) is 19.0 Å². The molecule has 126 valence electrons. The molecule has 0 spiro atoms. The predicted molar refractivity (Wildman–Crippen MR) is 98.5 cm³/mol. The van der Waals surface area contributed by atoms with Gasteiger partial charge in [0, 0.05) is 17.8 Å². The summed E-state index contributed by atoms with van der Waals surface area (Å²) in [5.74, 6) is 0.450. The van der Waals surface area contributed by atoms with Gasteiger partial charge in [-0.2, -0.15) is 0 Å². The Bertz CT molecular complexity index is 719. The first-order chi connectivity index (χ1) is 11.6. The molecule has 6 heteroatoms. The van der Waals surface area contributed by atoms with Gasteiger partial charge >= 0.3 is 5.97 Å². The van der Waals surface area contributed by atoms with E-state index in [4.69, 9.17) is 21.7 Å². The number of benzene rings is 2. The molecule has 2 aromatic carbocycles. The summed E-state index contributed by atoms with van der Waals surface area (Å²) < 4.78 is 10.3. The quantitative estimate of drug-likeness (QED) is 0.619. The molecule has 0 unspecified atom stereocenters. The minimum atomic E-state index is -0.386. The number of carbonyl (C=O) groups excluding carboxylic acids is 1. The van der Waals surface area contributed by atoms with E-state index < -0.39 is 0 Å². The molecule has 0 aliphatic heterocycles. The summed E-state index contributed by atoms with van der Waals surface area (Å²) in [6.07, 6.45) is 0. The molecule has 0 aliphatic rings. The molecule has 0 radical (unpaired) electrons. The zero-order valence-electron chi connectivity index (χ0n) is 13.7. The van der Waals surface area contributed by atoms with Crippen molar-refractivity contribution in [3.05, 3.63) is 59.7 Å². The molecule has 0 fully saturated rings. The van der Waals surface area contributed by atoms with Crippen molar-refractivity contribution in [1.82, 2.24) is 5.32 Å². The van der Waals surface area contributed by atoms with Crippen LogP contribution in [0.2, 0.25) is 0 Å². The molecule has 0 amide bonds. The summed E-state index contributed by atoms with van der Waals surface area (Å²) >= 11 is 5.30. The van der Waals surface area contributed by atoms with Gasteiger partial charge < -0.3 is 20.1 Å². The van der Waals surface area contributed by atoms with E-state index in [0.29, 0.717) is 29.5 Å². The van der Waals surface area contributed by atoms with Crippen molar-refractivity contribution in [3.63, 3.8) is 0 Å². The Hall–Kier alpha value is -2.60. The van der Waals surface area contributed by atoms with Gasteiger partial charge in [-0.05, 0) is 43.4 Å². The Kier molecular flexibility index (Phi) is 6.57. The third-order valence-corrected chi connectivity index (χ3v) is 3.50. The van der Waals surface area contributed by atoms with Crippen LogP contribution in [0.3, 0.4) is 0 Å².